The molecule has 2 aromatic rings. The number of carbonyl (C=O) groups is 1. The number of halogens is 2. The molecule has 20 heavy (non-hydrogen) atoms. The van der Waals surface area contributed by atoms with Crippen molar-refractivity contribution in [1.82, 2.24) is 4.98 Å². The summed E-state index contributed by atoms with van der Waals surface area (Å²) in [6, 6.07) is 7.71. The lowest BCUT2D eigenvalue weighted by Crippen LogP contribution is -2.40. The summed E-state index contributed by atoms with van der Waals surface area (Å²) in [5.41, 5.74) is -0.716. The van der Waals surface area contributed by atoms with Gasteiger partial charge in [-0.3, -0.25) is 4.98 Å². The molecule has 0 aliphatic carbocycles. The molecule has 0 saturated carbocycles. The molecule has 4 nitrogen and oxygen atoms in total. The van der Waals surface area contributed by atoms with Gasteiger partial charge in [0.15, 0.2) is 5.54 Å². The number of pyridine rings is 1. The zero-order valence-corrected chi connectivity index (χ0v) is 11.4. The number of rotatable bonds is 4. The molecule has 1 aromatic heterocycles. The highest BCUT2D eigenvalue weighted by Gasteiger charge is 2.35. The predicted molar refractivity (Wildman–Crippen MR) is 74.3 cm³/mol. The maximum atomic E-state index is 13.3. The van der Waals surface area contributed by atoms with Crippen LogP contribution in [0.4, 0.5) is 10.1 Å². The number of carboxylic acid groups (broad SMARTS) is 1. The molecule has 0 bridgehead atoms. The number of aliphatic carboxylic acids is 1. The fraction of sp³-hybridized carbons (Fsp3) is 0.143. The van der Waals surface area contributed by atoms with Crippen molar-refractivity contribution in [2.75, 3.05) is 5.32 Å². The third kappa shape index (κ3) is 2.88. The minimum Gasteiger partial charge on any atom is -0.479 e. The van der Waals surface area contributed by atoms with Gasteiger partial charge in [-0.25, -0.2) is 9.18 Å². The van der Waals surface area contributed by atoms with E-state index in [9.17, 15) is 14.3 Å². The van der Waals surface area contributed by atoms with Crippen LogP contribution in [0.15, 0.2) is 42.7 Å². The maximum Gasteiger partial charge on any atom is 0.333 e. The molecule has 2 N–H and O–H groups in total. The number of aromatic nitrogens is 1. The summed E-state index contributed by atoms with van der Waals surface area (Å²) >= 11 is 5.78. The van der Waals surface area contributed by atoms with Crippen molar-refractivity contribution in [3.63, 3.8) is 0 Å². The molecule has 0 aliphatic heterocycles. The molecule has 1 heterocycles. The third-order valence-electron chi connectivity index (χ3n) is 2.95. The SMILES string of the molecule is CC(Nc1ccc(Cl)cc1)(C(=O)O)c1cncc(F)c1. The van der Waals surface area contributed by atoms with Gasteiger partial charge in [-0.2, -0.15) is 0 Å². The minimum absolute atomic E-state index is 0.222. The second-order valence-electron chi connectivity index (χ2n) is 4.45. The normalized spacial score (nSPS) is 13.6. The molecule has 0 fully saturated rings. The van der Waals surface area contributed by atoms with Crippen LogP contribution >= 0.6 is 11.6 Å². The summed E-state index contributed by atoms with van der Waals surface area (Å²) in [6.07, 6.45) is 2.34. The van der Waals surface area contributed by atoms with E-state index >= 15 is 0 Å². The van der Waals surface area contributed by atoms with Crippen LogP contribution in [0, 0.1) is 5.82 Å². The molecule has 0 saturated heterocycles. The highest BCUT2D eigenvalue weighted by molar-refractivity contribution is 6.30. The third-order valence-corrected chi connectivity index (χ3v) is 3.20. The molecule has 1 unspecified atom stereocenters. The Labute approximate surface area is 120 Å². The largest absolute Gasteiger partial charge is 0.479 e. The van der Waals surface area contributed by atoms with E-state index in [4.69, 9.17) is 11.6 Å². The number of nitrogens with zero attached hydrogens (tertiary/aromatic N) is 1. The topological polar surface area (TPSA) is 62.2 Å². The lowest BCUT2D eigenvalue weighted by atomic mass is 9.93. The highest BCUT2D eigenvalue weighted by Crippen LogP contribution is 2.27. The zero-order valence-electron chi connectivity index (χ0n) is 10.6. The summed E-state index contributed by atoms with van der Waals surface area (Å²) in [5, 5.41) is 12.9. The quantitative estimate of drug-likeness (QED) is 0.908. The van der Waals surface area contributed by atoms with Crippen LogP contribution < -0.4 is 5.32 Å². The van der Waals surface area contributed by atoms with Gasteiger partial charge in [-0.15, -0.1) is 0 Å². The Hall–Kier alpha value is -2.14. The van der Waals surface area contributed by atoms with Crippen LogP contribution in [-0.4, -0.2) is 16.1 Å². The van der Waals surface area contributed by atoms with E-state index in [1.807, 2.05) is 0 Å². The fourth-order valence-corrected chi connectivity index (χ4v) is 1.88. The molecule has 0 aliphatic rings. The van der Waals surface area contributed by atoms with E-state index in [1.54, 1.807) is 24.3 Å². The van der Waals surface area contributed by atoms with Crippen molar-refractivity contribution >= 4 is 23.3 Å². The molecule has 104 valence electrons. The van der Waals surface area contributed by atoms with Crippen LogP contribution in [0.3, 0.4) is 0 Å². The van der Waals surface area contributed by atoms with Crippen LogP contribution in [0.5, 0.6) is 0 Å². The van der Waals surface area contributed by atoms with E-state index in [1.165, 1.54) is 13.1 Å². The van der Waals surface area contributed by atoms with E-state index in [2.05, 4.69) is 10.3 Å². The first-order chi connectivity index (χ1) is 9.41. The Bertz CT molecular complexity index is 633. The first-order valence-electron chi connectivity index (χ1n) is 5.80. The van der Waals surface area contributed by atoms with Gasteiger partial charge in [-0.05, 0) is 37.3 Å². The van der Waals surface area contributed by atoms with Gasteiger partial charge >= 0.3 is 5.97 Å². The zero-order chi connectivity index (χ0) is 14.8. The first-order valence-corrected chi connectivity index (χ1v) is 6.18. The van der Waals surface area contributed by atoms with Crippen LogP contribution in [0.2, 0.25) is 5.02 Å². The molecule has 0 radical (unpaired) electrons. The minimum atomic E-state index is -1.50. The van der Waals surface area contributed by atoms with Gasteiger partial charge in [-0.1, -0.05) is 11.6 Å². The number of hydrogen-bond donors (Lipinski definition) is 2. The Balaban J connectivity index is 2.39. The Morgan fingerprint density at radius 1 is 1.35 bits per heavy atom. The van der Waals surface area contributed by atoms with Gasteiger partial charge < -0.3 is 10.4 Å². The lowest BCUT2D eigenvalue weighted by Gasteiger charge is -2.27. The van der Waals surface area contributed by atoms with Crippen LogP contribution in [0.1, 0.15) is 12.5 Å². The molecule has 2 rings (SSSR count). The maximum absolute atomic E-state index is 13.3. The monoisotopic (exact) mass is 294 g/mol. The van der Waals surface area contributed by atoms with Gasteiger partial charge in [0.2, 0.25) is 0 Å². The number of anilines is 1. The van der Waals surface area contributed by atoms with E-state index in [0.717, 1.165) is 12.3 Å². The summed E-state index contributed by atoms with van der Waals surface area (Å²) in [6.45, 7) is 1.44. The van der Waals surface area contributed by atoms with Crippen molar-refractivity contribution in [2.24, 2.45) is 0 Å². The van der Waals surface area contributed by atoms with Crippen molar-refractivity contribution in [1.29, 1.82) is 0 Å². The standard InChI is InChI=1S/C14H12ClFN2O2/c1-14(13(19)20,9-6-11(16)8-17-7-9)18-12-4-2-10(15)3-5-12/h2-8,18H,1H3,(H,19,20). The average Bonchev–Trinajstić information content (AvgIpc) is 2.41. The van der Waals surface area contributed by atoms with E-state index in [0.29, 0.717) is 10.7 Å². The van der Waals surface area contributed by atoms with Crippen LogP contribution in [-0.2, 0) is 10.3 Å². The first kappa shape index (κ1) is 14.3. The van der Waals surface area contributed by atoms with Crippen LogP contribution in [0.25, 0.3) is 0 Å². The average molecular weight is 295 g/mol. The lowest BCUT2D eigenvalue weighted by molar-refractivity contribution is -0.142. The van der Waals surface area contributed by atoms with Crippen molar-refractivity contribution in [2.45, 2.75) is 12.5 Å². The Morgan fingerprint density at radius 2 is 2.00 bits per heavy atom. The van der Waals surface area contributed by atoms with Gasteiger partial charge in [0.05, 0.1) is 6.20 Å². The van der Waals surface area contributed by atoms with Gasteiger partial charge in [0.25, 0.3) is 0 Å². The number of hydrogen-bond acceptors (Lipinski definition) is 3. The molecule has 6 heteroatoms. The van der Waals surface area contributed by atoms with Crippen molar-refractivity contribution < 1.29 is 14.3 Å². The number of benzene rings is 1. The molecule has 0 spiro atoms. The van der Waals surface area contributed by atoms with E-state index < -0.39 is 17.3 Å². The molecule has 0 amide bonds. The molecule has 1 atom stereocenters. The summed E-state index contributed by atoms with van der Waals surface area (Å²) in [7, 11) is 0. The highest BCUT2D eigenvalue weighted by atomic mass is 35.5. The smallest absolute Gasteiger partial charge is 0.333 e. The number of nitrogens with one attached hydrogen (secondary N) is 1. The summed E-state index contributed by atoms with van der Waals surface area (Å²) < 4.78 is 13.3. The number of carboxylic acids is 1. The molecular formula is C14H12ClFN2O2. The summed E-state index contributed by atoms with van der Waals surface area (Å²) in [4.78, 5) is 15.3. The van der Waals surface area contributed by atoms with Crippen molar-refractivity contribution in [3.8, 4) is 0 Å². The summed E-state index contributed by atoms with van der Waals surface area (Å²) in [5.74, 6) is -1.73. The molecule has 1 aromatic carbocycles. The Kier molecular flexibility index (Phi) is 3.90. The molecular weight excluding hydrogens is 283 g/mol. The van der Waals surface area contributed by atoms with Gasteiger partial charge in [0.1, 0.15) is 5.82 Å². The predicted octanol–water partition coefficient (Wildman–Crippen LogP) is 3.29. The fourth-order valence-electron chi connectivity index (χ4n) is 1.76. The van der Waals surface area contributed by atoms with Gasteiger partial charge in [0, 0.05) is 22.5 Å². The Morgan fingerprint density at radius 3 is 2.55 bits per heavy atom. The second-order valence-corrected chi connectivity index (χ2v) is 4.89. The van der Waals surface area contributed by atoms with Crippen molar-refractivity contribution in [3.05, 3.63) is 59.1 Å². The van der Waals surface area contributed by atoms with E-state index in [-0.39, 0.29) is 5.56 Å². The second kappa shape index (κ2) is 5.46.